The summed E-state index contributed by atoms with van der Waals surface area (Å²) in [6.45, 7) is 0. The van der Waals surface area contributed by atoms with Gasteiger partial charge in [-0.15, -0.1) is 0 Å². The van der Waals surface area contributed by atoms with Crippen molar-refractivity contribution in [2.24, 2.45) is 5.92 Å². The van der Waals surface area contributed by atoms with Gasteiger partial charge >= 0.3 is 6.08 Å². The van der Waals surface area contributed by atoms with Crippen LogP contribution in [0.3, 0.4) is 0 Å². The predicted molar refractivity (Wildman–Crippen MR) is 29.3 cm³/mol. The summed E-state index contributed by atoms with van der Waals surface area (Å²) in [4.78, 5) is 0. The number of halogens is 3. The molecule has 0 aromatic heterocycles. The maximum absolute atomic E-state index is 11.4. The standard InChI is InChI=1S/C5H7BF3/c7-5(8,9)6-3-4-1-2-4/h4H,1-3H2. The third-order valence-corrected chi connectivity index (χ3v) is 1.38. The van der Waals surface area contributed by atoms with Gasteiger partial charge in [0.1, 0.15) is 0 Å². The van der Waals surface area contributed by atoms with Gasteiger partial charge in [-0.3, -0.25) is 0 Å². The van der Waals surface area contributed by atoms with Crippen LogP contribution in [0.15, 0.2) is 0 Å². The Morgan fingerprint density at radius 3 is 2.22 bits per heavy atom. The molecule has 0 aliphatic heterocycles. The summed E-state index contributed by atoms with van der Waals surface area (Å²) in [6.07, 6.45) is -1.87. The van der Waals surface area contributed by atoms with Crippen LogP contribution in [-0.2, 0) is 0 Å². The molecule has 0 amide bonds. The third kappa shape index (κ3) is 3.43. The first-order chi connectivity index (χ1) is 4.08. The summed E-state index contributed by atoms with van der Waals surface area (Å²) in [5.41, 5.74) is 0. The highest BCUT2D eigenvalue weighted by Crippen LogP contribution is 2.34. The van der Waals surface area contributed by atoms with Gasteiger partial charge in [0.05, 0.1) is 0 Å². The molecule has 0 bridgehead atoms. The molecule has 1 fully saturated rings. The first kappa shape index (κ1) is 6.97. The second kappa shape index (κ2) is 2.23. The molecular formula is C5H7BF3. The van der Waals surface area contributed by atoms with Crippen molar-refractivity contribution in [3.8, 4) is 0 Å². The zero-order valence-electron chi connectivity index (χ0n) is 4.91. The quantitative estimate of drug-likeness (QED) is 0.508. The van der Waals surface area contributed by atoms with Crippen LogP contribution < -0.4 is 0 Å². The van der Waals surface area contributed by atoms with E-state index in [4.69, 9.17) is 0 Å². The lowest BCUT2D eigenvalue weighted by molar-refractivity contribution is -0.0473. The van der Waals surface area contributed by atoms with Gasteiger partial charge in [-0.2, -0.15) is 13.2 Å². The summed E-state index contributed by atoms with van der Waals surface area (Å²) in [6, 6.07) is 0. The first-order valence-corrected chi connectivity index (χ1v) is 2.99. The Bertz CT molecular complexity index is 94.9. The molecule has 0 N–H and O–H groups in total. The Balaban J connectivity index is 2.03. The zero-order valence-corrected chi connectivity index (χ0v) is 4.91. The van der Waals surface area contributed by atoms with E-state index in [9.17, 15) is 13.2 Å². The molecule has 0 unspecified atom stereocenters. The van der Waals surface area contributed by atoms with E-state index >= 15 is 0 Å². The SMILES string of the molecule is FC(F)(F)[B]CC1CC1. The summed E-state index contributed by atoms with van der Waals surface area (Å²) in [5, 5.41) is 0. The average molecular weight is 135 g/mol. The van der Waals surface area contributed by atoms with E-state index in [1.54, 1.807) is 0 Å². The van der Waals surface area contributed by atoms with Crippen molar-refractivity contribution < 1.29 is 13.2 Å². The lowest BCUT2D eigenvalue weighted by atomic mass is 9.72. The molecule has 1 rings (SSSR count). The van der Waals surface area contributed by atoms with E-state index < -0.39 is 6.08 Å². The van der Waals surface area contributed by atoms with Gasteiger partial charge in [0.25, 0.3) is 7.28 Å². The van der Waals surface area contributed by atoms with Crippen LogP contribution in [0, 0.1) is 5.92 Å². The van der Waals surface area contributed by atoms with Gasteiger partial charge in [0.2, 0.25) is 0 Å². The van der Waals surface area contributed by atoms with Crippen LogP contribution in [0.25, 0.3) is 0 Å². The largest absolute Gasteiger partial charge is 0.338 e. The van der Waals surface area contributed by atoms with Gasteiger partial charge in [0, 0.05) is 0 Å². The van der Waals surface area contributed by atoms with Crippen LogP contribution in [0.2, 0.25) is 6.32 Å². The average Bonchev–Trinajstić information content (AvgIpc) is 2.38. The van der Waals surface area contributed by atoms with Crippen molar-refractivity contribution in [3.63, 3.8) is 0 Å². The van der Waals surface area contributed by atoms with Crippen LogP contribution >= 0.6 is 0 Å². The molecule has 0 saturated heterocycles. The normalized spacial score (nSPS) is 19.9. The van der Waals surface area contributed by atoms with E-state index in [0.717, 1.165) is 12.8 Å². The van der Waals surface area contributed by atoms with Crippen molar-refractivity contribution in [1.29, 1.82) is 0 Å². The minimum absolute atomic E-state index is 0.226. The summed E-state index contributed by atoms with van der Waals surface area (Å²) < 4.78 is 34.2. The minimum Gasteiger partial charge on any atom is -0.183 e. The molecule has 0 heterocycles. The molecule has 1 saturated carbocycles. The van der Waals surface area contributed by atoms with Crippen molar-refractivity contribution in [3.05, 3.63) is 0 Å². The van der Waals surface area contributed by atoms with E-state index in [1.165, 1.54) is 0 Å². The number of hydrogen-bond acceptors (Lipinski definition) is 0. The maximum atomic E-state index is 11.4. The Kier molecular flexibility index (Phi) is 1.73. The van der Waals surface area contributed by atoms with Gasteiger partial charge < -0.3 is 0 Å². The highest BCUT2D eigenvalue weighted by molar-refractivity contribution is 6.38. The van der Waals surface area contributed by atoms with Gasteiger partial charge in [-0.25, -0.2) is 0 Å². The molecule has 1 aliphatic rings. The molecular weight excluding hydrogens is 128 g/mol. The molecule has 0 nitrogen and oxygen atoms in total. The molecule has 1 aliphatic carbocycles. The lowest BCUT2D eigenvalue weighted by Crippen LogP contribution is -2.18. The molecule has 0 aromatic carbocycles. The topological polar surface area (TPSA) is 0 Å². The molecule has 0 aromatic rings. The van der Waals surface area contributed by atoms with E-state index in [1.807, 2.05) is 0 Å². The molecule has 0 spiro atoms. The van der Waals surface area contributed by atoms with Crippen molar-refractivity contribution in [2.75, 3.05) is 0 Å². The number of alkyl halides is 3. The first-order valence-electron chi connectivity index (χ1n) is 2.99. The summed E-state index contributed by atoms with van der Waals surface area (Å²) in [5.74, 6) is 0.339. The Morgan fingerprint density at radius 1 is 1.33 bits per heavy atom. The zero-order chi connectivity index (χ0) is 6.91. The fourth-order valence-electron chi connectivity index (χ4n) is 0.654. The lowest BCUT2D eigenvalue weighted by Gasteiger charge is -2.01. The Hall–Kier alpha value is -0.145. The van der Waals surface area contributed by atoms with E-state index in [2.05, 4.69) is 0 Å². The number of hydrogen-bond donors (Lipinski definition) is 0. The molecule has 9 heavy (non-hydrogen) atoms. The van der Waals surface area contributed by atoms with Crippen molar-refractivity contribution >= 4 is 7.28 Å². The molecule has 51 valence electrons. The Labute approximate surface area is 52.7 Å². The molecule has 4 heteroatoms. The minimum atomic E-state index is -4.05. The van der Waals surface area contributed by atoms with Gasteiger partial charge in [-0.1, -0.05) is 19.2 Å². The predicted octanol–water partition coefficient (Wildman–Crippen LogP) is 2.04. The van der Waals surface area contributed by atoms with Crippen molar-refractivity contribution in [1.82, 2.24) is 0 Å². The van der Waals surface area contributed by atoms with E-state index in [-0.39, 0.29) is 6.32 Å². The second-order valence-electron chi connectivity index (χ2n) is 2.42. The highest BCUT2D eigenvalue weighted by atomic mass is 19.4. The third-order valence-electron chi connectivity index (χ3n) is 1.38. The molecule has 1 radical (unpaired) electrons. The Morgan fingerprint density at radius 2 is 1.89 bits per heavy atom. The second-order valence-corrected chi connectivity index (χ2v) is 2.42. The smallest absolute Gasteiger partial charge is 0.183 e. The maximum Gasteiger partial charge on any atom is 0.338 e. The van der Waals surface area contributed by atoms with E-state index in [0.29, 0.717) is 13.2 Å². The highest BCUT2D eigenvalue weighted by Gasteiger charge is 2.32. The summed E-state index contributed by atoms with van der Waals surface area (Å²) >= 11 is 0. The summed E-state index contributed by atoms with van der Waals surface area (Å²) in [7, 11) is 0.449. The van der Waals surface area contributed by atoms with Crippen molar-refractivity contribution in [2.45, 2.75) is 25.2 Å². The van der Waals surface area contributed by atoms with Gasteiger partial charge in [0.15, 0.2) is 0 Å². The molecule has 0 atom stereocenters. The fourth-order valence-corrected chi connectivity index (χ4v) is 0.654. The van der Waals surface area contributed by atoms with Gasteiger partial charge in [-0.05, 0) is 5.92 Å². The van der Waals surface area contributed by atoms with Crippen LogP contribution in [0.5, 0.6) is 0 Å². The van der Waals surface area contributed by atoms with Crippen LogP contribution in [0.1, 0.15) is 12.8 Å². The van der Waals surface area contributed by atoms with Crippen LogP contribution in [-0.4, -0.2) is 13.4 Å². The van der Waals surface area contributed by atoms with Crippen LogP contribution in [0.4, 0.5) is 13.2 Å². The fraction of sp³-hybridized carbons (Fsp3) is 1.00. The monoisotopic (exact) mass is 135 g/mol. The number of rotatable bonds is 2.